The molecule has 0 saturated carbocycles. The molecule has 4 nitrogen and oxygen atoms in total. The molecule has 0 aromatic rings. The van der Waals surface area contributed by atoms with Gasteiger partial charge in [0.25, 0.3) is 0 Å². The zero-order chi connectivity index (χ0) is 12.9. The van der Waals surface area contributed by atoms with E-state index in [0.29, 0.717) is 12.5 Å². The summed E-state index contributed by atoms with van der Waals surface area (Å²) in [5.74, 6) is 0. The van der Waals surface area contributed by atoms with Gasteiger partial charge < -0.3 is 15.3 Å². The van der Waals surface area contributed by atoms with E-state index in [0.717, 1.165) is 32.5 Å². The van der Waals surface area contributed by atoms with E-state index in [9.17, 15) is 5.11 Å². The average molecular weight is 239 g/mol. The van der Waals surface area contributed by atoms with Crippen LogP contribution in [0.1, 0.15) is 33.1 Å². The molecule has 0 bridgehead atoms. The first-order chi connectivity index (χ1) is 7.93. The van der Waals surface area contributed by atoms with Crippen molar-refractivity contribution in [2.45, 2.75) is 45.3 Å². The Morgan fingerprint density at radius 2 is 2.24 bits per heavy atom. The van der Waals surface area contributed by atoms with Crippen molar-refractivity contribution in [3.63, 3.8) is 0 Å². The molecule has 1 aliphatic rings. The zero-order valence-electron chi connectivity index (χ0n) is 11.2. The van der Waals surface area contributed by atoms with Crippen LogP contribution in [-0.2, 0) is 0 Å². The number of aliphatic hydroxyl groups is 1. The van der Waals surface area contributed by atoms with Crippen molar-refractivity contribution in [3.8, 4) is 6.07 Å². The van der Waals surface area contributed by atoms with Gasteiger partial charge in [-0.3, -0.25) is 0 Å². The third-order valence-electron chi connectivity index (χ3n) is 3.34. The van der Waals surface area contributed by atoms with Gasteiger partial charge in [-0.05, 0) is 25.3 Å². The summed E-state index contributed by atoms with van der Waals surface area (Å²) in [6.07, 6.45) is 2.23. The average Bonchev–Trinajstić information content (AvgIpc) is 2.60. The van der Waals surface area contributed by atoms with Crippen molar-refractivity contribution < 1.29 is 5.11 Å². The molecule has 1 heterocycles. The molecule has 0 spiro atoms. The quantitative estimate of drug-likeness (QED) is 0.725. The molecule has 17 heavy (non-hydrogen) atoms. The van der Waals surface area contributed by atoms with Crippen LogP contribution in [0.4, 0.5) is 0 Å². The highest BCUT2D eigenvalue weighted by molar-refractivity contribution is 4.85. The first-order valence-corrected chi connectivity index (χ1v) is 6.40. The maximum Gasteiger partial charge on any atom is 0.0680 e. The Balaban J connectivity index is 2.28. The third kappa shape index (κ3) is 5.49. The molecule has 2 atom stereocenters. The van der Waals surface area contributed by atoms with Crippen LogP contribution in [-0.4, -0.2) is 48.8 Å². The standard InChI is InChI=1S/C13H25N3O/c1-13(2,5-4-6-14)10-16(3)9-11-7-12(17)8-15-11/h11-12,15,17H,4-5,7-10H2,1-3H3/t11-,12+/m0/s1. The maximum atomic E-state index is 9.44. The number of aliphatic hydroxyl groups excluding tert-OH is 1. The van der Waals surface area contributed by atoms with E-state index < -0.39 is 0 Å². The summed E-state index contributed by atoms with van der Waals surface area (Å²) in [5.41, 5.74) is 0.182. The van der Waals surface area contributed by atoms with Gasteiger partial charge in [0.05, 0.1) is 12.2 Å². The number of nitriles is 1. The molecule has 1 saturated heterocycles. The van der Waals surface area contributed by atoms with Crippen LogP contribution in [0.15, 0.2) is 0 Å². The summed E-state index contributed by atoms with van der Waals surface area (Å²) in [5, 5.41) is 21.4. The molecule has 0 unspecified atom stereocenters. The van der Waals surface area contributed by atoms with Crippen molar-refractivity contribution in [1.82, 2.24) is 10.2 Å². The van der Waals surface area contributed by atoms with Gasteiger partial charge in [-0.2, -0.15) is 5.26 Å². The van der Waals surface area contributed by atoms with Crippen LogP contribution < -0.4 is 5.32 Å². The van der Waals surface area contributed by atoms with E-state index in [1.807, 2.05) is 0 Å². The Labute approximate surface area is 105 Å². The van der Waals surface area contributed by atoms with E-state index in [1.165, 1.54) is 0 Å². The normalized spacial score (nSPS) is 25.2. The molecule has 2 N–H and O–H groups in total. The number of nitrogens with one attached hydrogen (secondary N) is 1. The Morgan fingerprint density at radius 1 is 1.53 bits per heavy atom. The van der Waals surface area contributed by atoms with Crippen molar-refractivity contribution in [3.05, 3.63) is 0 Å². The lowest BCUT2D eigenvalue weighted by Crippen LogP contribution is -2.39. The van der Waals surface area contributed by atoms with E-state index >= 15 is 0 Å². The molecule has 0 amide bonds. The van der Waals surface area contributed by atoms with Crippen molar-refractivity contribution in [2.24, 2.45) is 5.41 Å². The predicted octanol–water partition coefficient (Wildman–Crippen LogP) is 0.971. The molecule has 0 aromatic heterocycles. The second kappa shape index (κ2) is 6.34. The van der Waals surface area contributed by atoms with Crippen molar-refractivity contribution in [1.29, 1.82) is 5.26 Å². The van der Waals surface area contributed by atoms with Gasteiger partial charge in [0.2, 0.25) is 0 Å². The van der Waals surface area contributed by atoms with Crippen LogP contribution in [0.5, 0.6) is 0 Å². The Hall–Kier alpha value is -0.630. The van der Waals surface area contributed by atoms with Crippen LogP contribution in [0, 0.1) is 16.7 Å². The largest absolute Gasteiger partial charge is 0.392 e. The SMILES string of the molecule is CN(C[C@@H]1C[C@@H](O)CN1)CC(C)(C)CCC#N. The minimum Gasteiger partial charge on any atom is -0.392 e. The molecule has 1 fully saturated rings. The van der Waals surface area contributed by atoms with Gasteiger partial charge >= 0.3 is 0 Å². The molecule has 0 radical (unpaired) electrons. The Morgan fingerprint density at radius 3 is 2.76 bits per heavy atom. The lowest BCUT2D eigenvalue weighted by atomic mass is 9.87. The fraction of sp³-hybridized carbons (Fsp3) is 0.923. The lowest BCUT2D eigenvalue weighted by molar-refractivity contribution is 0.174. The van der Waals surface area contributed by atoms with Gasteiger partial charge in [-0.1, -0.05) is 13.8 Å². The minimum atomic E-state index is -0.181. The number of hydrogen-bond donors (Lipinski definition) is 2. The maximum absolute atomic E-state index is 9.44. The predicted molar refractivity (Wildman–Crippen MR) is 68.5 cm³/mol. The number of hydrogen-bond acceptors (Lipinski definition) is 4. The van der Waals surface area contributed by atoms with E-state index in [-0.39, 0.29) is 11.5 Å². The van der Waals surface area contributed by atoms with Crippen LogP contribution >= 0.6 is 0 Å². The molecular formula is C13H25N3O. The Kier molecular flexibility index (Phi) is 5.38. The van der Waals surface area contributed by atoms with Gasteiger partial charge in [0, 0.05) is 32.1 Å². The van der Waals surface area contributed by atoms with Crippen LogP contribution in [0.2, 0.25) is 0 Å². The highest BCUT2D eigenvalue weighted by atomic mass is 16.3. The van der Waals surface area contributed by atoms with Gasteiger partial charge in [-0.25, -0.2) is 0 Å². The van der Waals surface area contributed by atoms with Crippen molar-refractivity contribution >= 4 is 0 Å². The Bertz CT molecular complexity index is 272. The highest BCUT2D eigenvalue weighted by Gasteiger charge is 2.25. The number of β-amino-alcohol motifs (C(OH)–C–C–N with tert-alkyl or cyclic N) is 1. The fourth-order valence-corrected chi connectivity index (χ4v) is 2.58. The van der Waals surface area contributed by atoms with E-state index in [4.69, 9.17) is 5.26 Å². The van der Waals surface area contributed by atoms with Gasteiger partial charge in [-0.15, -0.1) is 0 Å². The van der Waals surface area contributed by atoms with Gasteiger partial charge in [0.1, 0.15) is 0 Å². The summed E-state index contributed by atoms with van der Waals surface area (Å²) in [7, 11) is 2.11. The fourth-order valence-electron chi connectivity index (χ4n) is 2.58. The molecule has 98 valence electrons. The molecule has 1 rings (SSSR count). The van der Waals surface area contributed by atoms with E-state index in [1.54, 1.807) is 0 Å². The smallest absolute Gasteiger partial charge is 0.0680 e. The number of rotatable bonds is 6. The minimum absolute atomic E-state index is 0.181. The summed E-state index contributed by atoms with van der Waals surface area (Å²) >= 11 is 0. The molecule has 4 heteroatoms. The molecular weight excluding hydrogens is 214 g/mol. The zero-order valence-corrected chi connectivity index (χ0v) is 11.2. The summed E-state index contributed by atoms with van der Waals surface area (Å²) < 4.78 is 0. The van der Waals surface area contributed by atoms with E-state index in [2.05, 4.69) is 37.2 Å². The number of likely N-dealkylation sites (N-methyl/N-ethyl adjacent to an activating group) is 1. The van der Waals surface area contributed by atoms with Crippen LogP contribution in [0.25, 0.3) is 0 Å². The molecule has 0 aromatic carbocycles. The monoisotopic (exact) mass is 239 g/mol. The second-order valence-electron chi connectivity index (χ2n) is 6.01. The molecule has 1 aliphatic heterocycles. The summed E-state index contributed by atoms with van der Waals surface area (Å²) in [6, 6.07) is 2.62. The third-order valence-corrected chi connectivity index (χ3v) is 3.34. The first kappa shape index (κ1) is 14.4. The first-order valence-electron chi connectivity index (χ1n) is 6.40. The van der Waals surface area contributed by atoms with Crippen LogP contribution in [0.3, 0.4) is 0 Å². The molecule has 0 aliphatic carbocycles. The summed E-state index contributed by atoms with van der Waals surface area (Å²) in [6.45, 7) is 7.09. The van der Waals surface area contributed by atoms with Crippen molar-refractivity contribution in [2.75, 3.05) is 26.7 Å². The topological polar surface area (TPSA) is 59.3 Å². The second-order valence-corrected chi connectivity index (χ2v) is 6.01. The lowest BCUT2D eigenvalue weighted by Gasteiger charge is -2.31. The summed E-state index contributed by atoms with van der Waals surface area (Å²) in [4.78, 5) is 2.30. The number of nitrogens with zero attached hydrogens (tertiary/aromatic N) is 2. The van der Waals surface area contributed by atoms with Gasteiger partial charge in [0.15, 0.2) is 0 Å². The highest BCUT2D eigenvalue weighted by Crippen LogP contribution is 2.23.